The van der Waals surface area contributed by atoms with Gasteiger partial charge in [-0.2, -0.15) is 0 Å². The maximum Gasteiger partial charge on any atom is 0.0138 e. The molecule has 1 saturated carbocycles. The van der Waals surface area contributed by atoms with Crippen LogP contribution in [0.4, 0.5) is 0 Å². The van der Waals surface area contributed by atoms with E-state index in [1.807, 2.05) is 0 Å². The SMILES string of the molecule is C[C]1CC2[C](C(C)=C2C)C1(C)C. The summed E-state index contributed by atoms with van der Waals surface area (Å²) >= 11 is 0. The van der Waals surface area contributed by atoms with Crippen molar-refractivity contribution in [2.24, 2.45) is 11.3 Å². The van der Waals surface area contributed by atoms with Crippen LogP contribution in [-0.2, 0) is 0 Å². The summed E-state index contributed by atoms with van der Waals surface area (Å²) in [4.78, 5) is 0. The molecule has 0 nitrogen and oxygen atoms in total. The second-order valence-electron chi connectivity index (χ2n) is 4.88. The molecule has 0 amide bonds. The van der Waals surface area contributed by atoms with Gasteiger partial charge < -0.3 is 0 Å². The molecule has 0 saturated heterocycles. The lowest BCUT2D eigenvalue weighted by molar-refractivity contribution is 0.428. The van der Waals surface area contributed by atoms with Gasteiger partial charge in [-0.15, -0.1) is 0 Å². The molecule has 0 heterocycles. The average Bonchev–Trinajstić information content (AvgIpc) is 2.21. The van der Waals surface area contributed by atoms with Gasteiger partial charge in [-0.25, -0.2) is 0 Å². The van der Waals surface area contributed by atoms with Gasteiger partial charge in [-0.1, -0.05) is 31.9 Å². The van der Waals surface area contributed by atoms with Gasteiger partial charge in [-0.05, 0) is 37.5 Å². The maximum absolute atomic E-state index is 2.37. The van der Waals surface area contributed by atoms with Crippen molar-refractivity contribution < 1.29 is 0 Å². The van der Waals surface area contributed by atoms with Gasteiger partial charge in [0.05, 0.1) is 0 Å². The number of fused-ring (bicyclic) bond motifs is 1. The van der Waals surface area contributed by atoms with E-state index in [9.17, 15) is 0 Å². The van der Waals surface area contributed by atoms with Gasteiger partial charge in [0.15, 0.2) is 0 Å². The van der Waals surface area contributed by atoms with Gasteiger partial charge in [-0.3, -0.25) is 0 Å². The number of hydrogen-bond acceptors (Lipinski definition) is 0. The Bertz CT molecular complexity index is 245. The molecule has 2 rings (SSSR count). The van der Waals surface area contributed by atoms with Gasteiger partial charge in [0, 0.05) is 5.92 Å². The highest BCUT2D eigenvalue weighted by molar-refractivity contribution is 5.54. The summed E-state index contributed by atoms with van der Waals surface area (Å²) in [5.41, 5.74) is 3.62. The summed E-state index contributed by atoms with van der Waals surface area (Å²) in [7, 11) is 0. The monoisotopic (exact) mass is 162 g/mol. The molecule has 1 atom stereocenters. The summed E-state index contributed by atoms with van der Waals surface area (Å²) in [6, 6.07) is 0. The highest BCUT2D eigenvalue weighted by Gasteiger charge is 2.54. The van der Waals surface area contributed by atoms with Crippen LogP contribution in [0.5, 0.6) is 0 Å². The molecule has 0 aliphatic heterocycles. The Balaban J connectivity index is 2.34. The second-order valence-corrected chi connectivity index (χ2v) is 4.88. The predicted molar refractivity (Wildman–Crippen MR) is 52.4 cm³/mol. The third kappa shape index (κ3) is 0.739. The molecule has 2 aliphatic rings. The summed E-state index contributed by atoms with van der Waals surface area (Å²) in [6.45, 7) is 11.6. The Morgan fingerprint density at radius 1 is 1.17 bits per heavy atom. The molecule has 0 aromatic carbocycles. The minimum Gasteiger partial charge on any atom is -0.0697 e. The molecule has 0 aromatic rings. The maximum atomic E-state index is 2.37. The van der Waals surface area contributed by atoms with Crippen molar-refractivity contribution in [2.75, 3.05) is 0 Å². The van der Waals surface area contributed by atoms with E-state index >= 15 is 0 Å². The van der Waals surface area contributed by atoms with Crippen molar-refractivity contribution in [3.8, 4) is 0 Å². The van der Waals surface area contributed by atoms with Crippen LogP contribution >= 0.6 is 0 Å². The first-order valence-corrected chi connectivity index (χ1v) is 4.84. The van der Waals surface area contributed by atoms with Crippen LogP contribution in [0.2, 0.25) is 0 Å². The molecule has 2 aliphatic carbocycles. The third-order valence-corrected chi connectivity index (χ3v) is 4.12. The van der Waals surface area contributed by atoms with E-state index in [0.717, 1.165) is 5.92 Å². The Morgan fingerprint density at radius 3 is 2.25 bits per heavy atom. The lowest BCUT2D eigenvalue weighted by Crippen LogP contribution is -2.31. The van der Waals surface area contributed by atoms with E-state index in [4.69, 9.17) is 0 Å². The molecular weight excluding hydrogens is 144 g/mol. The standard InChI is InChI=1S/C12H18/c1-7-6-10-8(2)9(3)11(10)12(7,4)5/h10H,6H2,1-5H3. The van der Waals surface area contributed by atoms with Crippen LogP contribution in [0.3, 0.4) is 0 Å². The molecule has 0 heteroatoms. The summed E-state index contributed by atoms with van der Waals surface area (Å²) in [5.74, 6) is 4.20. The highest BCUT2D eigenvalue weighted by Crippen LogP contribution is 2.64. The second kappa shape index (κ2) is 2.16. The first-order chi connectivity index (χ1) is 5.46. The average molecular weight is 162 g/mol. The van der Waals surface area contributed by atoms with Crippen molar-refractivity contribution in [2.45, 2.75) is 41.0 Å². The van der Waals surface area contributed by atoms with Crippen molar-refractivity contribution in [1.82, 2.24) is 0 Å². The number of rotatable bonds is 0. The minimum atomic E-state index is 0.397. The first kappa shape index (κ1) is 8.34. The van der Waals surface area contributed by atoms with Crippen LogP contribution in [0.1, 0.15) is 41.0 Å². The van der Waals surface area contributed by atoms with Crippen molar-refractivity contribution in [3.05, 3.63) is 23.0 Å². The fraction of sp³-hybridized carbons (Fsp3) is 0.667. The van der Waals surface area contributed by atoms with E-state index in [1.165, 1.54) is 6.42 Å². The number of hydrogen-bond donors (Lipinski definition) is 0. The molecule has 12 heavy (non-hydrogen) atoms. The predicted octanol–water partition coefficient (Wildman–Crippen LogP) is 3.55. The van der Waals surface area contributed by atoms with Crippen LogP contribution in [0.25, 0.3) is 0 Å². The quantitative estimate of drug-likeness (QED) is 0.511. The van der Waals surface area contributed by atoms with E-state index in [0.29, 0.717) is 5.41 Å². The molecule has 1 fully saturated rings. The van der Waals surface area contributed by atoms with Crippen molar-refractivity contribution >= 4 is 0 Å². The van der Waals surface area contributed by atoms with Gasteiger partial charge in [0.1, 0.15) is 0 Å². The Kier molecular flexibility index (Phi) is 1.50. The Labute approximate surface area is 76.1 Å². The summed E-state index contributed by atoms with van der Waals surface area (Å²) in [6.07, 6.45) is 1.31. The van der Waals surface area contributed by atoms with Crippen LogP contribution in [0.15, 0.2) is 11.1 Å². The largest absolute Gasteiger partial charge is 0.0697 e. The first-order valence-electron chi connectivity index (χ1n) is 4.84. The molecule has 0 bridgehead atoms. The van der Waals surface area contributed by atoms with Gasteiger partial charge >= 0.3 is 0 Å². The lowest BCUT2D eigenvalue weighted by Gasteiger charge is -2.41. The minimum absolute atomic E-state index is 0.397. The van der Waals surface area contributed by atoms with E-state index < -0.39 is 0 Å². The van der Waals surface area contributed by atoms with Gasteiger partial charge in [0.25, 0.3) is 0 Å². The highest BCUT2D eigenvalue weighted by atomic mass is 14.6. The zero-order valence-electron chi connectivity index (χ0n) is 8.78. The molecule has 66 valence electrons. The zero-order chi connectivity index (χ0) is 9.09. The van der Waals surface area contributed by atoms with Crippen LogP contribution < -0.4 is 0 Å². The fourth-order valence-corrected chi connectivity index (χ4v) is 2.82. The van der Waals surface area contributed by atoms with E-state index in [2.05, 4.69) is 34.6 Å². The van der Waals surface area contributed by atoms with E-state index in [-0.39, 0.29) is 0 Å². The van der Waals surface area contributed by atoms with Crippen molar-refractivity contribution in [1.29, 1.82) is 0 Å². The molecular formula is C12H18. The molecule has 2 radical (unpaired) electrons. The molecule has 0 spiro atoms. The fourth-order valence-electron chi connectivity index (χ4n) is 2.82. The van der Waals surface area contributed by atoms with E-state index in [1.54, 1.807) is 23.0 Å². The molecule has 0 N–H and O–H groups in total. The third-order valence-electron chi connectivity index (χ3n) is 4.12. The number of allylic oxidation sites excluding steroid dienone is 2. The smallest absolute Gasteiger partial charge is 0.0138 e. The van der Waals surface area contributed by atoms with Crippen LogP contribution in [0, 0.1) is 23.2 Å². The molecule has 1 unspecified atom stereocenters. The normalized spacial score (nSPS) is 35.2. The topological polar surface area (TPSA) is 0 Å². The summed E-state index contributed by atoms with van der Waals surface area (Å²) < 4.78 is 0. The Morgan fingerprint density at radius 2 is 1.75 bits per heavy atom. The summed E-state index contributed by atoms with van der Waals surface area (Å²) in [5, 5.41) is 0. The lowest BCUT2D eigenvalue weighted by atomic mass is 9.63. The van der Waals surface area contributed by atoms with Crippen molar-refractivity contribution in [3.63, 3.8) is 0 Å². The molecule has 0 aromatic heterocycles. The Hall–Kier alpha value is -0.260. The van der Waals surface area contributed by atoms with Crippen LogP contribution in [-0.4, -0.2) is 0 Å². The zero-order valence-corrected chi connectivity index (χ0v) is 8.78. The van der Waals surface area contributed by atoms with Gasteiger partial charge in [0.2, 0.25) is 0 Å².